The van der Waals surface area contributed by atoms with Crippen molar-refractivity contribution in [2.45, 2.75) is 27.2 Å². The van der Waals surface area contributed by atoms with Gasteiger partial charge in [0.15, 0.2) is 0 Å². The molecule has 0 unspecified atom stereocenters. The minimum absolute atomic E-state index is 0.169. The highest BCUT2D eigenvalue weighted by Crippen LogP contribution is 2.16. The number of primary amides is 1. The van der Waals surface area contributed by atoms with Crippen LogP contribution in [0.1, 0.15) is 27.2 Å². The second-order valence-corrected chi connectivity index (χ2v) is 4.12. The summed E-state index contributed by atoms with van der Waals surface area (Å²) in [5.41, 5.74) is 7.34. The zero-order valence-corrected chi connectivity index (χ0v) is 10.5. The summed E-state index contributed by atoms with van der Waals surface area (Å²) in [5, 5.41) is 0. The Labute approximate surface area is 101 Å². The van der Waals surface area contributed by atoms with Gasteiger partial charge in [0.25, 0.3) is 0 Å². The first-order valence-electron chi connectivity index (χ1n) is 5.37. The molecule has 0 aromatic rings. The zero-order valence-electron chi connectivity index (χ0n) is 10.5. The van der Waals surface area contributed by atoms with Crippen LogP contribution in [0.25, 0.3) is 0 Å². The van der Waals surface area contributed by atoms with E-state index in [9.17, 15) is 9.59 Å². The first-order chi connectivity index (χ1) is 7.87. The SMILES string of the molecule is CCOC(=O)CC=C=CC(C)(C)COC(N)=O. The lowest BCUT2D eigenvalue weighted by Crippen LogP contribution is -2.22. The molecule has 0 spiro atoms. The Morgan fingerprint density at radius 3 is 2.53 bits per heavy atom. The third kappa shape index (κ3) is 9.20. The van der Waals surface area contributed by atoms with Crippen LogP contribution in [0.3, 0.4) is 0 Å². The monoisotopic (exact) mass is 241 g/mol. The molecule has 17 heavy (non-hydrogen) atoms. The van der Waals surface area contributed by atoms with Gasteiger partial charge in [0, 0.05) is 5.41 Å². The van der Waals surface area contributed by atoms with E-state index in [1.807, 2.05) is 13.8 Å². The summed E-state index contributed by atoms with van der Waals surface area (Å²) in [6.07, 6.45) is 2.66. The standard InChI is InChI=1S/C12H19NO4/c1-4-16-10(14)7-5-6-8-12(2,3)9-17-11(13)15/h5,8H,4,7,9H2,1-3H3,(H2,13,15). The van der Waals surface area contributed by atoms with Crippen molar-refractivity contribution >= 4 is 12.1 Å². The largest absolute Gasteiger partial charge is 0.466 e. The molecule has 0 atom stereocenters. The van der Waals surface area contributed by atoms with Crippen LogP contribution in [0.2, 0.25) is 0 Å². The van der Waals surface area contributed by atoms with Gasteiger partial charge in [-0.3, -0.25) is 4.79 Å². The average molecular weight is 241 g/mol. The summed E-state index contributed by atoms with van der Waals surface area (Å²) >= 11 is 0. The molecule has 0 fully saturated rings. The van der Waals surface area contributed by atoms with Gasteiger partial charge in [-0.1, -0.05) is 13.8 Å². The summed E-state index contributed by atoms with van der Waals surface area (Å²) < 4.78 is 9.43. The first kappa shape index (κ1) is 15.3. The van der Waals surface area contributed by atoms with E-state index >= 15 is 0 Å². The lowest BCUT2D eigenvalue weighted by molar-refractivity contribution is -0.142. The fourth-order valence-corrected chi connectivity index (χ4v) is 0.945. The van der Waals surface area contributed by atoms with Crippen molar-refractivity contribution in [3.05, 3.63) is 17.9 Å². The molecule has 0 aromatic heterocycles. The maximum Gasteiger partial charge on any atom is 0.404 e. The molecule has 0 saturated carbocycles. The van der Waals surface area contributed by atoms with E-state index in [1.165, 1.54) is 0 Å². The van der Waals surface area contributed by atoms with Crippen molar-refractivity contribution in [1.29, 1.82) is 0 Å². The fourth-order valence-electron chi connectivity index (χ4n) is 0.945. The molecule has 0 aliphatic rings. The van der Waals surface area contributed by atoms with E-state index in [0.29, 0.717) is 6.61 Å². The van der Waals surface area contributed by atoms with E-state index in [-0.39, 0.29) is 24.4 Å². The summed E-state index contributed by atoms with van der Waals surface area (Å²) in [4.78, 5) is 21.4. The van der Waals surface area contributed by atoms with Crippen LogP contribution >= 0.6 is 0 Å². The Kier molecular flexibility index (Phi) is 6.75. The Morgan fingerprint density at radius 1 is 1.35 bits per heavy atom. The number of hydrogen-bond acceptors (Lipinski definition) is 4. The van der Waals surface area contributed by atoms with Gasteiger partial charge < -0.3 is 15.2 Å². The van der Waals surface area contributed by atoms with Crippen molar-refractivity contribution in [2.24, 2.45) is 11.1 Å². The number of carbonyl (C=O) groups excluding carboxylic acids is 2. The lowest BCUT2D eigenvalue weighted by atomic mass is 9.95. The second kappa shape index (κ2) is 7.52. The Bertz CT molecular complexity index is 327. The van der Waals surface area contributed by atoms with Crippen molar-refractivity contribution in [3.63, 3.8) is 0 Å². The minimum Gasteiger partial charge on any atom is -0.466 e. The molecule has 2 N–H and O–H groups in total. The summed E-state index contributed by atoms with van der Waals surface area (Å²) in [6.45, 7) is 6.01. The maximum absolute atomic E-state index is 11.0. The van der Waals surface area contributed by atoms with E-state index in [1.54, 1.807) is 19.1 Å². The van der Waals surface area contributed by atoms with Gasteiger partial charge in [0.05, 0.1) is 13.0 Å². The van der Waals surface area contributed by atoms with Gasteiger partial charge >= 0.3 is 12.1 Å². The van der Waals surface area contributed by atoms with E-state index < -0.39 is 6.09 Å². The normalized spacial score (nSPS) is 10.1. The molecule has 5 heteroatoms. The van der Waals surface area contributed by atoms with Gasteiger partial charge in [-0.15, -0.1) is 5.73 Å². The molecule has 5 nitrogen and oxygen atoms in total. The van der Waals surface area contributed by atoms with Crippen LogP contribution in [0.4, 0.5) is 4.79 Å². The molecule has 1 amide bonds. The van der Waals surface area contributed by atoms with Gasteiger partial charge in [-0.25, -0.2) is 4.79 Å². The third-order valence-corrected chi connectivity index (χ3v) is 1.75. The number of rotatable bonds is 6. The Hall–Kier alpha value is -1.74. The molecular weight excluding hydrogens is 222 g/mol. The highest BCUT2D eigenvalue weighted by atomic mass is 16.5. The quantitative estimate of drug-likeness (QED) is 0.567. The van der Waals surface area contributed by atoms with Crippen molar-refractivity contribution in [2.75, 3.05) is 13.2 Å². The number of carbonyl (C=O) groups is 2. The number of esters is 1. The smallest absolute Gasteiger partial charge is 0.404 e. The lowest BCUT2D eigenvalue weighted by Gasteiger charge is -2.17. The molecule has 0 saturated heterocycles. The average Bonchev–Trinajstić information content (AvgIpc) is 2.22. The van der Waals surface area contributed by atoms with Crippen molar-refractivity contribution in [1.82, 2.24) is 0 Å². The van der Waals surface area contributed by atoms with Crippen molar-refractivity contribution in [3.8, 4) is 0 Å². The van der Waals surface area contributed by atoms with Gasteiger partial charge in [-0.05, 0) is 19.1 Å². The van der Waals surface area contributed by atoms with Gasteiger partial charge in [0.2, 0.25) is 0 Å². The third-order valence-electron chi connectivity index (χ3n) is 1.75. The van der Waals surface area contributed by atoms with Crippen LogP contribution in [-0.2, 0) is 14.3 Å². The molecule has 0 aliphatic carbocycles. The number of nitrogens with two attached hydrogens (primary N) is 1. The Balaban J connectivity index is 4.15. The maximum atomic E-state index is 11.0. The summed E-state index contributed by atoms with van der Waals surface area (Å²) in [7, 11) is 0. The van der Waals surface area contributed by atoms with Crippen LogP contribution in [-0.4, -0.2) is 25.3 Å². The summed E-state index contributed by atoms with van der Waals surface area (Å²) in [6, 6.07) is 0. The van der Waals surface area contributed by atoms with Crippen LogP contribution in [0.15, 0.2) is 17.9 Å². The number of ether oxygens (including phenoxy) is 2. The number of amides is 1. The van der Waals surface area contributed by atoms with E-state index in [2.05, 4.69) is 10.5 Å². The molecule has 0 bridgehead atoms. The van der Waals surface area contributed by atoms with Crippen LogP contribution in [0, 0.1) is 5.41 Å². The molecule has 0 radical (unpaired) electrons. The highest BCUT2D eigenvalue weighted by Gasteiger charge is 2.15. The van der Waals surface area contributed by atoms with Gasteiger partial charge in [0.1, 0.15) is 6.61 Å². The molecule has 0 aliphatic heterocycles. The molecule has 0 rings (SSSR count). The molecule has 0 aromatic carbocycles. The zero-order chi connectivity index (χ0) is 13.3. The summed E-state index contributed by atoms with van der Waals surface area (Å²) in [5.74, 6) is -0.292. The van der Waals surface area contributed by atoms with Gasteiger partial charge in [-0.2, -0.15) is 0 Å². The predicted molar refractivity (Wildman–Crippen MR) is 63.2 cm³/mol. The predicted octanol–water partition coefficient (Wildman–Crippen LogP) is 1.77. The minimum atomic E-state index is -0.804. The first-order valence-corrected chi connectivity index (χ1v) is 5.37. The molecular formula is C12H19NO4. The van der Waals surface area contributed by atoms with Crippen molar-refractivity contribution < 1.29 is 19.1 Å². The number of hydrogen-bond donors (Lipinski definition) is 1. The topological polar surface area (TPSA) is 78.6 Å². The molecule has 0 heterocycles. The highest BCUT2D eigenvalue weighted by molar-refractivity contribution is 5.71. The molecule has 96 valence electrons. The van der Waals surface area contributed by atoms with E-state index in [4.69, 9.17) is 10.5 Å². The van der Waals surface area contributed by atoms with Crippen LogP contribution in [0.5, 0.6) is 0 Å². The fraction of sp³-hybridized carbons (Fsp3) is 0.583. The van der Waals surface area contributed by atoms with Crippen LogP contribution < -0.4 is 5.73 Å². The Morgan fingerprint density at radius 2 is 2.00 bits per heavy atom. The second-order valence-electron chi connectivity index (χ2n) is 4.12. The van der Waals surface area contributed by atoms with E-state index in [0.717, 1.165) is 0 Å².